The highest BCUT2D eigenvalue weighted by molar-refractivity contribution is 5.70. The minimum absolute atomic E-state index is 0.0715. The fraction of sp³-hybridized carbons (Fsp3) is 0.714. The Morgan fingerprint density at radius 2 is 0.632 bits per heavy atom. The molecule has 0 radical (unpaired) electrons. The van der Waals surface area contributed by atoms with Crippen LogP contribution in [-0.4, -0.2) is 36.4 Å². The Bertz CT molecular complexity index is 1300. The highest BCUT2D eigenvalue weighted by atomic mass is 16.6. The van der Waals surface area contributed by atoms with Crippen LogP contribution in [0.15, 0.2) is 97.2 Å². The first-order valence-corrected chi connectivity index (χ1v) is 28.8. The van der Waals surface area contributed by atoms with Gasteiger partial charge in [0.15, 0.2) is 6.10 Å². The van der Waals surface area contributed by atoms with Crippen molar-refractivity contribution in [3.8, 4) is 0 Å². The second-order valence-corrected chi connectivity index (χ2v) is 19.0. The number of hydrogen-bond acceptors (Lipinski definition) is 5. The van der Waals surface area contributed by atoms with Gasteiger partial charge >= 0.3 is 11.9 Å². The number of aliphatic hydroxyl groups is 1. The lowest BCUT2D eigenvalue weighted by molar-refractivity contribution is -0.161. The van der Waals surface area contributed by atoms with Gasteiger partial charge in [0, 0.05) is 12.8 Å². The largest absolute Gasteiger partial charge is 0.462 e. The second kappa shape index (κ2) is 58.1. The first-order chi connectivity index (χ1) is 33.6. The number of rotatable bonds is 52. The molecule has 0 heterocycles. The molecule has 1 unspecified atom stereocenters. The van der Waals surface area contributed by atoms with Crippen LogP contribution in [0.4, 0.5) is 0 Å². The zero-order valence-electron chi connectivity index (χ0n) is 44.6. The third-order valence-electron chi connectivity index (χ3n) is 12.4. The maximum Gasteiger partial charge on any atom is 0.306 e. The fourth-order valence-electron chi connectivity index (χ4n) is 8.06. The molecule has 390 valence electrons. The fourth-order valence-corrected chi connectivity index (χ4v) is 8.06. The van der Waals surface area contributed by atoms with Crippen LogP contribution in [0.1, 0.15) is 271 Å². The summed E-state index contributed by atoms with van der Waals surface area (Å²) in [5.74, 6) is -0.594. The molecule has 5 heteroatoms. The van der Waals surface area contributed by atoms with E-state index in [1.54, 1.807) is 0 Å². The molecular weight excluding hydrogens is 837 g/mol. The molecule has 0 aliphatic heterocycles. The molecule has 0 bridgehead atoms. The molecule has 0 amide bonds. The molecule has 1 atom stereocenters. The van der Waals surface area contributed by atoms with Crippen LogP contribution in [0.25, 0.3) is 0 Å². The van der Waals surface area contributed by atoms with Crippen LogP contribution < -0.4 is 0 Å². The Morgan fingerprint density at radius 3 is 0.956 bits per heavy atom. The first kappa shape index (κ1) is 64.8. The van der Waals surface area contributed by atoms with Crippen molar-refractivity contribution in [1.29, 1.82) is 0 Å². The summed E-state index contributed by atoms with van der Waals surface area (Å²) in [7, 11) is 0. The van der Waals surface area contributed by atoms with Crippen molar-refractivity contribution in [3.63, 3.8) is 0 Å². The molecule has 0 spiro atoms. The standard InChI is InChI=1S/C63H108O5/c1-3-5-7-9-11-13-15-17-19-21-23-25-27-29-30-31-32-34-36-38-40-42-44-46-48-50-52-54-56-58-63(66)68-61(59-64)60-67-62(65)57-55-53-51-49-47-45-43-41-39-37-35-33-28-26-24-22-20-18-16-14-12-10-8-6-4-2/h5,7,11,13,16-19,22-25,28-30,33,61,64H,3-4,6,8-10,12,14-15,20-21,26-27,31-32,34-60H2,1-2H3/b7-5-,13-11-,18-16-,19-17-,24-22-,25-23-,30-29-,33-28-. The van der Waals surface area contributed by atoms with Crippen molar-refractivity contribution < 1.29 is 24.2 Å². The van der Waals surface area contributed by atoms with Gasteiger partial charge in [-0.15, -0.1) is 0 Å². The summed E-state index contributed by atoms with van der Waals surface area (Å²) in [6, 6.07) is 0. The summed E-state index contributed by atoms with van der Waals surface area (Å²) in [6.07, 6.45) is 82.3. The van der Waals surface area contributed by atoms with Crippen LogP contribution in [0.5, 0.6) is 0 Å². The van der Waals surface area contributed by atoms with Gasteiger partial charge in [0.1, 0.15) is 6.61 Å². The van der Waals surface area contributed by atoms with Gasteiger partial charge in [-0.2, -0.15) is 0 Å². The lowest BCUT2D eigenvalue weighted by atomic mass is 10.0. The normalized spacial score (nSPS) is 12.9. The van der Waals surface area contributed by atoms with Crippen molar-refractivity contribution in [3.05, 3.63) is 97.2 Å². The lowest BCUT2D eigenvalue weighted by Gasteiger charge is -2.15. The number of esters is 2. The van der Waals surface area contributed by atoms with Crippen molar-refractivity contribution in [2.75, 3.05) is 13.2 Å². The number of aliphatic hydroxyl groups excluding tert-OH is 1. The van der Waals surface area contributed by atoms with E-state index in [-0.39, 0.29) is 25.2 Å². The van der Waals surface area contributed by atoms with E-state index < -0.39 is 6.10 Å². The summed E-state index contributed by atoms with van der Waals surface area (Å²) in [6.45, 7) is 4.03. The summed E-state index contributed by atoms with van der Waals surface area (Å²) < 4.78 is 10.7. The molecule has 0 saturated carbocycles. The van der Waals surface area contributed by atoms with Crippen molar-refractivity contribution >= 4 is 11.9 Å². The van der Waals surface area contributed by atoms with E-state index in [2.05, 4.69) is 111 Å². The van der Waals surface area contributed by atoms with Gasteiger partial charge in [-0.25, -0.2) is 0 Å². The van der Waals surface area contributed by atoms with Gasteiger partial charge in [0.05, 0.1) is 6.61 Å². The zero-order chi connectivity index (χ0) is 49.2. The smallest absolute Gasteiger partial charge is 0.306 e. The van der Waals surface area contributed by atoms with Crippen LogP contribution in [-0.2, 0) is 19.1 Å². The molecular formula is C63H108O5. The van der Waals surface area contributed by atoms with E-state index in [0.29, 0.717) is 12.8 Å². The number of allylic oxidation sites excluding steroid dienone is 16. The van der Waals surface area contributed by atoms with Crippen molar-refractivity contribution in [2.24, 2.45) is 0 Å². The van der Waals surface area contributed by atoms with Gasteiger partial charge in [0.25, 0.3) is 0 Å². The maximum atomic E-state index is 12.3. The third kappa shape index (κ3) is 55.4. The summed E-state index contributed by atoms with van der Waals surface area (Å²) in [5, 5.41) is 9.66. The van der Waals surface area contributed by atoms with E-state index in [9.17, 15) is 14.7 Å². The predicted octanol–water partition coefficient (Wildman–Crippen LogP) is 19.5. The predicted molar refractivity (Wildman–Crippen MR) is 297 cm³/mol. The zero-order valence-corrected chi connectivity index (χ0v) is 44.6. The van der Waals surface area contributed by atoms with E-state index in [1.165, 1.54) is 161 Å². The molecule has 0 aromatic rings. The monoisotopic (exact) mass is 945 g/mol. The van der Waals surface area contributed by atoms with E-state index in [4.69, 9.17) is 9.47 Å². The van der Waals surface area contributed by atoms with Gasteiger partial charge in [-0.1, -0.05) is 259 Å². The van der Waals surface area contributed by atoms with E-state index in [1.807, 2.05) is 0 Å². The SMILES string of the molecule is CC/C=C\C/C=C\C/C=C\C/C=C\C/C=C\CCCCCCCCCCCCCCCC(=O)OC(CO)COC(=O)CCCCCCCCCCCC/C=C\C/C=C\C/C=C\CCCCCCC. The lowest BCUT2D eigenvalue weighted by Crippen LogP contribution is -2.28. The summed E-state index contributed by atoms with van der Waals surface area (Å²) in [5.41, 5.74) is 0. The average Bonchev–Trinajstić information content (AvgIpc) is 3.34. The second-order valence-electron chi connectivity index (χ2n) is 19.0. The number of hydrogen-bond donors (Lipinski definition) is 1. The molecule has 0 aliphatic rings. The van der Waals surface area contributed by atoms with Gasteiger partial charge in [0.2, 0.25) is 0 Å². The quantitative estimate of drug-likeness (QED) is 0.0374. The Hall–Kier alpha value is -3.18. The molecule has 68 heavy (non-hydrogen) atoms. The minimum Gasteiger partial charge on any atom is -0.462 e. The first-order valence-electron chi connectivity index (χ1n) is 28.8. The Morgan fingerprint density at radius 1 is 0.353 bits per heavy atom. The van der Waals surface area contributed by atoms with Crippen LogP contribution in [0, 0.1) is 0 Å². The molecule has 1 N–H and O–H groups in total. The van der Waals surface area contributed by atoms with Crippen LogP contribution in [0.2, 0.25) is 0 Å². The maximum absolute atomic E-state index is 12.3. The highest BCUT2D eigenvalue weighted by Gasteiger charge is 2.16. The highest BCUT2D eigenvalue weighted by Crippen LogP contribution is 2.16. The van der Waals surface area contributed by atoms with Crippen LogP contribution >= 0.6 is 0 Å². The minimum atomic E-state index is -0.781. The molecule has 5 nitrogen and oxygen atoms in total. The Balaban J connectivity index is 3.51. The molecule has 0 fully saturated rings. The van der Waals surface area contributed by atoms with Gasteiger partial charge < -0.3 is 14.6 Å². The number of carbonyl (C=O) groups excluding carboxylic acids is 2. The number of carbonyl (C=O) groups is 2. The molecule has 0 aromatic heterocycles. The molecule has 0 aromatic carbocycles. The van der Waals surface area contributed by atoms with Crippen LogP contribution in [0.3, 0.4) is 0 Å². The van der Waals surface area contributed by atoms with E-state index in [0.717, 1.165) is 83.5 Å². The van der Waals surface area contributed by atoms with Gasteiger partial charge in [-0.05, 0) is 96.3 Å². The summed E-state index contributed by atoms with van der Waals surface area (Å²) >= 11 is 0. The Kier molecular flexibility index (Phi) is 55.4. The third-order valence-corrected chi connectivity index (χ3v) is 12.4. The molecule has 0 rings (SSSR count). The molecule has 0 saturated heterocycles. The molecule has 0 aliphatic carbocycles. The number of unbranched alkanes of at least 4 members (excludes halogenated alkanes) is 28. The van der Waals surface area contributed by atoms with Gasteiger partial charge in [-0.3, -0.25) is 9.59 Å². The topological polar surface area (TPSA) is 72.8 Å². The van der Waals surface area contributed by atoms with E-state index >= 15 is 0 Å². The summed E-state index contributed by atoms with van der Waals surface area (Å²) in [4.78, 5) is 24.5. The average molecular weight is 946 g/mol. The number of ether oxygens (including phenoxy) is 2. The Labute approximate surface area is 421 Å². The van der Waals surface area contributed by atoms with Crippen molar-refractivity contribution in [2.45, 2.75) is 277 Å². The van der Waals surface area contributed by atoms with Crippen molar-refractivity contribution in [1.82, 2.24) is 0 Å².